The molecule has 4 aromatic rings. The smallest absolute Gasteiger partial charge is 0.266 e. The van der Waals surface area contributed by atoms with Gasteiger partial charge in [0.1, 0.15) is 6.61 Å². The highest BCUT2D eigenvalue weighted by Crippen LogP contribution is 2.33. The maximum Gasteiger partial charge on any atom is 0.266 e. The van der Waals surface area contributed by atoms with Gasteiger partial charge in [-0.05, 0) is 18.2 Å². The summed E-state index contributed by atoms with van der Waals surface area (Å²) in [6.07, 6.45) is 3.21. The minimum atomic E-state index is -0.209. The first-order valence-corrected chi connectivity index (χ1v) is 7.89. The SMILES string of the molecule is COCc1nc2ncc3c(=O)n(-c4ccc5c(c4)OCO5)ccc3n2n1. The Balaban J connectivity index is 1.70. The quantitative estimate of drug-likeness (QED) is 0.549. The van der Waals surface area contributed by atoms with Crippen molar-refractivity contribution in [2.24, 2.45) is 0 Å². The summed E-state index contributed by atoms with van der Waals surface area (Å²) in [7, 11) is 1.57. The molecular formula is C17H13N5O4. The molecule has 0 aliphatic carbocycles. The van der Waals surface area contributed by atoms with Gasteiger partial charge in [0.05, 0.1) is 16.6 Å². The molecule has 9 nitrogen and oxygen atoms in total. The predicted molar refractivity (Wildman–Crippen MR) is 90.7 cm³/mol. The average Bonchev–Trinajstić information content (AvgIpc) is 3.27. The predicted octanol–water partition coefficient (Wildman–Crippen LogP) is 1.30. The molecule has 0 N–H and O–H groups in total. The highest BCUT2D eigenvalue weighted by Gasteiger charge is 2.16. The number of ether oxygens (including phenoxy) is 3. The fraction of sp³-hybridized carbons (Fsp3) is 0.176. The summed E-state index contributed by atoms with van der Waals surface area (Å²) in [6.45, 7) is 0.461. The number of benzene rings is 1. The van der Waals surface area contributed by atoms with E-state index in [0.717, 1.165) is 0 Å². The number of pyridine rings is 1. The van der Waals surface area contributed by atoms with Crippen molar-refractivity contribution in [1.82, 2.24) is 24.1 Å². The van der Waals surface area contributed by atoms with Crippen LogP contribution in [0.5, 0.6) is 11.5 Å². The normalized spacial score (nSPS) is 13.0. The molecule has 26 heavy (non-hydrogen) atoms. The van der Waals surface area contributed by atoms with Gasteiger partial charge in [0.25, 0.3) is 11.3 Å². The number of aromatic nitrogens is 5. The Bertz CT molecular complexity index is 1210. The van der Waals surface area contributed by atoms with E-state index in [1.165, 1.54) is 10.8 Å². The topological polar surface area (TPSA) is 92.8 Å². The van der Waals surface area contributed by atoms with Gasteiger partial charge in [-0.2, -0.15) is 9.50 Å². The summed E-state index contributed by atoms with van der Waals surface area (Å²) in [5, 5.41) is 4.79. The Hall–Kier alpha value is -3.46. The van der Waals surface area contributed by atoms with Crippen molar-refractivity contribution >= 4 is 16.7 Å². The van der Waals surface area contributed by atoms with Crippen LogP contribution >= 0.6 is 0 Å². The molecule has 0 atom stereocenters. The number of nitrogens with zero attached hydrogens (tertiary/aromatic N) is 5. The van der Waals surface area contributed by atoms with Crippen LogP contribution in [0.2, 0.25) is 0 Å². The van der Waals surface area contributed by atoms with Gasteiger partial charge in [-0.3, -0.25) is 9.36 Å². The fourth-order valence-electron chi connectivity index (χ4n) is 2.99. The van der Waals surface area contributed by atoms with E-state index >= 15 is 0 Å². The molecule has 5 rings (SSSR count). The second-order valence-corrected chi connectivity index (χ2v) is 5.76. The van der Waals surface area contributed by atoms with Gasteiger partial charge in [-0.25, -0.2) is 4.98 Å². The van der Waals surface area contributed by atoms with Crippen molar-refractivity contribution in [2.45, 2.75) is 6.61 Å². The number of methoxy groups -OCH3 is 1. The van der Waals surface area contributed by atoms with Crippen LogP contribution in [0.4, 0.5) is 0 Å². The Kier molecular flexibility index (Phi) is 3.16. The zero-order valence-electron chi connectivity index (χ0n) is 13.7. The zero-order valence-corrected chi connectivity index (χ0v) is 13.7. The lowest BCUT2D eigenvalue weighted by atomic mass is 10.2. The molecule has 0 saturated heterocycles. The zero-order chi connectivity index (χ0) is 17.7. The minimum Gasteiger partial charge on any atom is -0.454 e. The molecule has 1 aliphatic rings. The maximum absolute atomic E-state index is 13.0. The largest absolute Gasteiger partial charge is 0.454 e. The lowest BCUT2D eigenvalue weighted by molar-refractivity contribution is 0.174. The molecule has 0 amide bonds. The first kappa shape index (κ1) is 14.8. The first-order chi connectivity index (χ1) is 12.7. The van der Waals surface area contributed by atoms with Gasteiger partial charge in [-0.15, -0.1) is 5.10 Å². The minimum absolute atomic E-state index is 0.184. The van der Waals surface area contributed by atoms with Crippen LogP contribution in [0.1, 0.15) is 5.82 Å². The van der Waals surface area contributed by atoms with Crippen molar-refractivity contribution in [3.8, 4) is 17.2 Å². The molecule has 3 aromatic heterocycles. The summed E-state index contributed by atoms with van der Waals surface area (Å²) >= 11 is 0. The molecule has 0 spiro atoms. The van der Waals surface area contributed by atoms with E-state index in [1.807, 2.05) is 0 Å². The molecule has 0 bridgehead atoms. The molecular weight excluding hydrogens is 338 g/mol. The maximum atomic E-state index is 13.0. The van der Waals surface area contributed by atoms with Crippen molar-refractivity contribution in [3.63, 3.8) is 0 Å². The Morgan fingerprint density at radius 3 is 3.00 bits per heavy atom. The van der Waals surface area contributed by atoms with Crippen LogP contribution in [-0.2, 0) is 11.3 Å². The van der Waals surface area contributed by atoms with Crippen molar-refractivity contribution < 1.29 is 14.2 Å². The van der Waals surface area contributed by atoms with Crippen LogP contribution in [0.25, 0.3) is 22.4 Å². The van der Waals surface area contributed by atoms with Gasteiger partial charge in [0, 0.05) is 25.6 Å². The van der Waals surface area contributed by atoms with Crippen LogP contribution in [0.15, 0.2) is 41.5 Å². The van der Waals surface area contributed by atoms with E-state index in [2.05, 4.69) is 15.1 Å². The average molecular weight is 351 g/mol. The molecule has 0 fully saturated rings. The number of hydrogen-bond acceptors (Lipinski definition) is 7. The van der Waals surface area contributed by atoms with Crippen LogP contribution in [-0.4, -0.2) is 38.1 Å². The second kappa shape index (κ2) is 5.53. The second-order valence-electron chi connectivity index (χ2n) is 5.76. The van der Waals surface area contributed by atoms with Crippen LogP contribution < -0.4 is 15.0 Å². The summed E-state index contributed by atoms with van der Waals surface area (Å²) in [5.41, 5.74) is 1.10. The van der Waals surface area contributed by atoms with Crippen molar-refractivity contribution in [1.29, 1.82) is 0 Å². The number of hydrogen-bond donors (Lipinski definition) is 0. The Morgan fingerprint density at radius 2 is 2.12 bits per heavy atom. The fourth-order valence-corrected chi connectivity index (χ4v) is 2.99. The van der Waals surface area contributed by atoms with E-state index in [9.17, 15) is 4.79 Å². The number of rotatable bonds is 3. The lowest BCUT2D eigenvalue weighted by Crippen LogP contribution is -2.18. The van der Waals surface area contributed by atoms with E-state index in [4.69, 9.17) is 14.2 Å². The summed E-state index contributed by atoms with van der Waals surface area (Å²) in [5.74, 6) is 2.21. The third-order valence-electron chi connectivity index (χ3n) is 4.19. The Labute approximate surface area is 146 Å². The van der Waals surface area contributed by atoms with E-state index in [0.29, 0.717) is 39.7 Å². The van der Waals surface area contributed by atoms with Gasteiger partial charge >= 0.3 is 0 Å². The molecule has 9 heteroatoms. The molecule has 130 valence electrons. The highest BCUT2D eigenvalue weighted by molar-refractivity contribution is 5.79. The molecule has 0 saturated carbocycles. The standard InChI is InChI=1S/C17H13N5O4/c1-24-8-15-19-17-18-7-11-12(22(17)20-15)4-5-21(16(11)23)10-2-3-13-14(6-10)26-9-25-13/h2-7H,8-9H2,1H3. The molecule has 4 heterocycles. The lowest BCUT2D eigenvalue weighted by Gasteiger charge is -2.08. The van der Waals surface area contributed by atoms with E-state index in [1.54, 1.807) is 42.1 Å². The molecule has 1 aromatic carbocycles. The molecule has 0 unspecified atom stereocenters. The van der Waals surface area contributed by atoms with E-state index < -0.39 is 0 Å². The summed E-state index contributed by atoms with van der Waals surface area (Å²) < 4.78 is 18.8. The first-order valence-electron chi connectivity index (χ1n) is 7.89. The van der Waals surface area contributed by atoms with E-state index in [-0.39, 0.29) is 19.0 Å². The van der Waals surface area contributed by atoms with Crippen molar-refractivity contribution in [3.05, 3.63) is 52.8 Å². The molecule has 1 aliphatic heterocycles. The third kappa shape index (κ3) is 2.14. The van der Waals surface area contributed by atoms with Gasteiger partial charge in [-0.1, -0.05) is 0 Å². The monoisotopic (exact) mass is 351 g/mol. The number of fused-ring (bicyclic) bond motifs is 4. The molecule has 0 radical (unpaired) electrons. The van der Waals surface area contributed by atoms with Crippen molar-refractivity contribution in [2.75, 3.05) is 13.9 Å². The van der Waals surface area contributed by atoms with Crippen LogP contribution in [0.3, 0.4) is 0 Å². The van der Waals surface area contributed by atoms with Gasteiger partial charge < -0.3 is 14.2 Å². The Morgan fingerprint density at radius 1 is 1.23 bits per heavy atom. The van der Waals surface area contributed by atoms with Crippen LogP contribution in [0, 0.1) is 0 Å². The summed E-state index contributed by atoms with van der Waals surface area (Å²) in [6, 6.07) is 7.16. The highest BCUT2D eigenvalue weighted by atomic mass is 16.7. The van der Waals surface area contributed by atoms with Gasteiger partial charge in [0.15, 0.2) is 17.3 Å². The van der Waals surface area contributed by atoms with Gasteiger partial charge in [0.2, 0.25) is 6.79 Å². The third-order valence-corrected chi connectivity index (χ3v) is 4.19. The summed E-state index contributed by atoms with van der Waals surface area (Å²) in [4.78, 5) is 21.5.